The number of isocyanates is 1. The summed E-state index contributed by atoms with van der Waals surface area (Å²) in [6.45, 7) is 0. The maximum Gasteiger partial charge on any atom is 0.331 e. The monoisotopic (exact) mass is 205 g/mol. The van der Waals surface area contributed by atoms with Gasteiger partial charge in [0.05, 0.1) is 7.11 Å². The van der Waals surface area contributed by atoms with Gasteiger partial charge in [-0.2, -0.15) is 4.99 Å². The van der Waals surface area contributed by atoms with Gasteiger partial charge in [0.25, 0.3) is 0 Å². The number of esters is 1. The van der Waals surface area contributed by atoms with Gasteiger partial charge in [0.1, 0.15) is 0 Å². The van der Waals surface area contributed by atoms with Crippen molar-refractivity contribution in [1.29, 1.82) is 0 Å². The first-order chi connectivity index (χ1) is 7.27. The van der Waals surface area contributed by atoms with Crippen molar-refractivity contribution in [3.8, 4) is 0 Å². The molecular formula is C11H11NO3. The first-order valence-corrected chi connectivity index (χ1v) is 4.46. The Morgan fingerprint density at radius 2 is 2.13 bits per heavy atom. The molecule has 0 aromatic heterocycles. The van der Waals surface area contributed by atoms with E-state index in [4.69, 9.17) is 0 Å². The van der Waals surface area contributed by atoms with Crippen LogP contribution in [0, 0.1) is 0 Å². The highest BCUT2D eigenvalue weighted by Crippen LogP contribution is 2.06. The summed E-state index contributed by atoms with van der Waals surface area (Å²) in [4.78, 5) is 24.7. The van der Waals surface area contributed by atoms with E-state index in [2.05, 4.69) is 9.73 Å². The minimum absolute atomic E-state index is 0.350. The van der Waals surface area contributed by atoms with Crippen molar-refractivity contribution in [2.75, 3.05) is 7.11 Å². The molecule has 0 saturated carbocycles. The van der Waals surface area contributed by atoms with Crippen molar-refractivity contribution in [3.63, 3.8) is 0 Å². The lowest BCUT2D eigenvalue weighted by Gasteiger charge is -2.07. The molecule has 1 rings (SSSR count). The Balaban J connectivity index is 2.75. The fourth-order valence-electron chi connectivity index (χ4n) is 1.22. The van der Waals surface area contributed by atoms with E-state index < -0.39 is 12.0 Å². The third kappa shape index (κ3) is 3.37. The van der Waals surface area contributed by atoms with Gasteiger partial charge in [-0.3, -0.25) is 0 Å². The van der Waals surface area contributed by atoms with E-state index in [9.17, 15) is 9.59 Å². The van der Waals surface area contributed by atoms with E-state index in [1.807, 2.05) is 30.3 Å². The van der Waals surface area contributed by atoms with Crippen LogP contribution < -0.4 is 0 Å². The van der Waals surface area contributed by atoms with Gasteiger partial charge in [-0.1, -0.05) is 30.3 Å². The van der Waals surface area contributed by atoms with Gasteiger partial charge in [-0.25, -0.2) is 9.59 Å². The quantitative estimate of drug-likeness (QED) is 0.420. The number of hydrogen-bond acceptors (Lipinski definition) is 4. The Morgan fingerprint density at radius 1 is 1.47 bits per heavy atom. The van der Waals surface area contributed by atoms with Crippen molar-refractivity contribution < 1.29 is 14.3 Å². The molecule has 0 aliphatic rings. The molecule has 0 aliphatic heterocycles. The number of benzene rings is 1. The number of methoxy groups -OCH3 is 1. The fourth-order valence-corrected chi connectivity index (χ4v) is 1.22. The molecule has 0 amide bonds. The van der Waals surface area contributed by atoms with Crippen LogP contribution in [-0.4, -0.2) is 25.2 Å². The molecule has 0 radical (unpaired) electrons. The molecular weight excluding hydrogens is 194 g/mol. The topological polar surface area (TPSA) is 55.7 Å². The number of carbonyl (C=O) groups is 1. The zero-order chi connectivity index (χ0) is 11.1. The second-order valence-electron chi connectivity index (χ2n) is 2.95. The van der Waals surface area contributed by atoms with Gasteiger partial charge in [-0.15, -0.1) is 0 Å². The van der Waals surface area contributed by atoms with Gasteiger partial charge in [0.2, 0.25) is 6.08 Å². The number of ether oxygens (including phenoxy) is 1. The van der Waals surface area contributed by atoms with E-state index in [0.29, 0.717) is 6.42 Å². The van der Waals surface area contributed by atoms with Crippen molar-refractivity contribution in [2.45, 2.75) is 12.5 Å². The van der Waals surface area contributed by atoms with Gasteiger partial charge < -0.3 is 4.74 Å². The molecule has 1 aromatic rings. The summed E-state index contributed by atoms with van der Waals surface area (Å²) in [5, 5.41) is 0. The summed E-state index contributed by atoms with van der Waals surface area (Å²) < 4.78 is 4.53. The fraction of sp³-hybridized carbons (Fsp3) is 0.273. The van der Waals surface area contributed by atoms with Crippen LogP contribution in [0.1, 0.15) is 5.56 Å². The zero-order valence-electron chi connectivity index (χ0n) is 8.34. The summed E-state index contributed by atoms with van der Waals surface area (Å²) in [6, 6.07) is 8.50. The molecule has 0 fully saturated rings. The predicted molar refractivity (Wildman–Crippen MR) is 54.1 cm³/mol. The highest BCUT2D eigenvalue weighted by molar-refractivity contribution is 5.77. The number of nitrogens with zero attached hydrogens (tertiary/aromatic N) is 1. The van der Waals surface area contributed by atoms with Crippen molar-refractivity contribution in [1.82, 2.24) is 0 Å². The lowest BCUT2D eigenvalue weighted by Crippen LogP contribution is -2.22. The Bertz CT molecular complexity index is 369. The summed E-state index contributed by atoms with van der Waals surface area (Å²) in [5.74, 6) is -0.526. The maximum atomic E-state index is 11.2. The Morgan fingerprint density at radius 3 is 2.67 bits per heavy atom. The molecule has 4 nitrogen and oxygen atoms in total. The van der Waals surface area contributed by atoms with Gasteiger partial charge in [0, 0.05) is 6.42 Å². The van der Waals surface area contributed by atoms with E-state index >= 15 is 0 Å². The predicted octanol–water partition coefficient (Wildman–Crippen LogP) is 1.11. The molecule has 0 heterocycles. The standard InChI is InChI=1S/C11H11NO3/c1-15-11(14)10(12-8-13)7-9-5-3-2-4-6-9/h2-6,10H,7H2,1H3. The molecule has 0 bridgehead atoms. The summed E-state index contributed by atoms with van der Waals surface area (Å²) in [5.41, 5.74) is 0.923. The van der Waals surface area contributed by atoms with Crippen molar-refractivity contribution in [3.05, 3.63) is 35.9 Å². The van der Waals surface area contributed by atoms with Crippen LogP contribution in [0.25, 0.3) is 0 Å². The molecule has 0 aliphatic carbocycles. The van der Waals surface area contributed by atoms with Crippen molar-refractivity contribution >= 4 is 12.0 Å². The first-order valence-electron chi connectivity index (χ1n) is 4.46. The first kappa shape index (κ1) is 11.1. The molecule has 0 saturated heterocycles. The Kier molecular flexibility index (Phi) is 4.26. The number of rotatable bonds is 4. The number of aliphatic imine (C=N–C) groups is 1. The van der Waals surface area contributed by atoms with Crippen LogP contribution in [0.3, 0.4) is 0 Å². The molecule has 78 valence electrons. The summed E-state index contributed by atoms with van der Waals surface area (Å²) in [6.07, 6.45) is 1.73. The van der Waals surface area contributed by atoms with E-state index in [1.165, 1.54) is 13.2 Å². The number of hydrogen-bond donors (Lipinski definition) is 0. The van der Waals surface area contributed by atoms with E-state index in [0.717, 1.165) is 5.56 Å². The minimum atomic E-state index is -0.796. The normalized spacial score (nSPS) is 11.3. The molecule has 4 heteroatoms. The molecule has 0 spiro atoms. The SMILES string of the molecule is COC(=O)C(Cc1ccccc1)N=C=O. The Hall–Kier alpha value is -1.93. The highest BCUT2D eigenvalue weighted by Gasteiger charge is 2.18. The van der Waals surface area contributed by atoms with Gasteiger partial charge >= 0.3 is 5.97 Å². The van der Waals surface area contributed by atoms with Crippen LogP contribution in [0.15, 0.2) is 35.3 Å². The molecule has 1 aromatic carbocycles. The van der Waals surface area contributed by atoms with Crippen LogP contribution >= 0.6 is 0 Å². The summed E-state index contributed by atoms with van der Waals surface area (Å²) in [7, 11) is 1.26. The van der Waals surface area contributed by atoms with Crippen molar-refractivity contribution in [2.24, 2.45) is 4.99 Å². The lowest BCUT2D eigenvalue weighted by molar-refractivity contribution is -0.142. The minimum Gasteiger partial charge on any atom is -0.467 e. The smallest absolute Gasteiger partial charge is 0.331 e. The van der Waals surface area contributed by atoms with Crippen LogP contribution in [0.5, 0.6) is 0 Å². The molecule has 1 atom stereocenters. The van der Waals surface area contributed by atoms with Crippen LogP contribution in [0.2, 0.25) is 0 Å². The van der Waals surface area contributed by atoms with Crippen LogP contribution in [-0.2, 0) is 20.7 Å². The molecule has 1 unspecified atom stereocenters. The highest BCUT2D eigenvalue weighted by atomic mass is 16.5. The average Bonchev–Trinajstić information content (AvgIpc) is 2.29. The third-order valence-corrected chi connectivity index (χ3v) is 1.95. The van der Waals surface area contributed by atoms with Gasteiger partial charge in [0.15, 0.2) is 6.04 Å². The summed E-state index contributed by atoms with van der Waals surface area (Å²) >= 11 is 0. The molecule has 0 N–H and O–H groups in total. The molecule has 15 heavy (non-hydrogen) atoms. The largest absolute Gasteiger partial charge is 0.467 e. The maximum absolute atomic E-state index is 11.2. The second-order valence-corrected chi connectivity index (χ2v) is 2.95. The van der Waals surface area contributed by atoms with Crippen LogP contribution in [0.4, 0.5) is 0 Å². The second kappa shape index (κ2) is 5.73. The zero-order valence-corrected chi connectivity index (χ0v) is 8.34. The van der Waals surface area contributed by atoms with E-state index in [1.54, 1.807) is 0 Å². The van der Waals surface area contributed by atoms with E-state index in [-0.39, 0.29) is 0 Å². The Labute approximate surface area is 87.6 Å². The third-order valence-electron chi connectivity index (χ3n) is 1.95. The number of carbonyl (C=O) groups excluding carboxylic acids is 2. The average molecular weight is 205 g/mol. The van der Waals surface area contributed by atoms with Gasteiger partial charge in [-0.05, 0) is 5.56 Å². The lowest BCUT2D eigenvalue weighted by atomic mass is 10.1.